The number of carbonyl (C=O) groups is 1. The van der Waals surface area contributed by atoms with Crippen LogP contribution in [0.4, 0.5) is 0 Å². The molecule has 164 valence electrons. The van der Waals surface area contributed by atoms with Gasteiger partial charge in [-0.1, -0.05) is 31.4 Å². The van der Waals surface area contributed by atoms with Crippen molar-refractivity contribution in [1.82, 2.24) is 14.8 Å². The maximum absolute atomic E-state index is 13.9. The summed E-state index contributed by atoms with van der Waals surface area (Å²) < 4.78 is 8.01. The molecule has 1 aliphatic carbocycles. The number of para-hydroxylation sites is 1. The van der Waals surface area contributed by atoms with Crippen molar-refractivity contribution in [3.63, 3.8) is 0 Å². The molecule has 1 N–H and O–H groups in total. The van der Waals surface area contributed by atoms with Crippen molar-refractivity contribution in [3.8, 4) is 5.75 Å². The van der Waals surface area contributed by atoms with Gasteiger partial charge in [-0.05, 0) is 52.5 Å². The molecule has 30 heavy (non-hydrogen) atoms. The van der Waals surface area contributed by atoms with E-state index in [4.69, 9.17) is 4.74 Å². The zero-order valence-corrected chi connectivity index (χ0v) is 19.1. The number of carbonyl (C=O) groups excluding carboxylic acids is 1. The highest BCUT2D eigenvalue weighted by atomic mass is 16.5. The van der Waals surface area contributed by atoms with Gasteiger partial charge < -0.3 is 19.5 Å². The molecular formula is C25H37N3O2. The topological polar surface area (TPSA) is 46.5 Å². The summed E-state index contributed by atoms with van der Waals surface area (Å²) in [6.07, 6.45) is 8.64. The van der Waals surface area contributed by atoms with Crippen LogP contribution in [0.15, 0.2) is 24.4 Å². The van der Waals surface area contributed by atoms with Gasteiger partial charge in [-0.2, -0.15) is 0 Å². The lowest BCUT2D eigenvalue weighted by molar-refractivity contribution is 0.0370. The zero-order chi connectivity index (χ0) is 21.4. The minimum absolute atomic E-state index is 0.135. The summed E-state index contributed by atoms with van der Waals surface area (Å²) >= 11 is 0. The molecule has 1 aromatic carbocycles. The molecule has 1 aromatic heterocycles. The summed E-state index contributed by atoms with van der Waals surface area (Å²) in [5, 5.41) is 4.62. The van der Waals surface area contributed by atoms with Crippen LogP contribution in [0, 0.1) is 5.92 Å². The Bertz CT molecular complexity index is 885. The number of benzene rings is 1. The second-order valence-corrected chi connectivity index (χ2v) is 9.49. The van der Waals surface area contributed by atoms with Crippen LogP contribution in [0.5, 0.6) is 5.75 Å². The number of nitrogens with one attached hydrogen (secondary N) is 1. The van der Waals surface area contributed by atoms with Gasteiger partial charge in [0.25, 0.3) is 5.91 Å². The molecular weight excluding hydrogens is 374 g/mol. The lowest BCUT2D eigenvalue weighted by Gasteiger charge is -2.46. The number of piperazine rings is 1. The van der Waals surface area contributed by atoms with E-state index in [1.54, 1.807) is 7.11 Å². The highest BCUT2D eigenvalue weighted by Gasteiger charge is 2.38. The van der Waals surface area contributed by atoms with E-state index in [2.05, 4.69) is 54.7 Å². The van der Waals surface area contributed by atoms with Crippen LogP contribution in [0.25, 0.3) is 10.9 Å². The van der Waals surface area contributed by atoms with Crippen LogP contribution in [0.1, 0.15) is 70.2 Å². The number of nitrogens with zero attached hydrogens (tertiary/aromatic N) is 2. The van der Waals surface area contributed by atoms with Crippen molar-refractivity contribution in [2.75, 3.05) is 7.11 Å². The summed E-state index contributed by atoms with van der Waals surface area (Å²) in [6.45, 7) is 9.61. The van der Waals surface area contributed by atoms with Crippen molar-refractivity contribution in [2.24, 2.45) is 5.92 Å². The van der Waals surface area contributed by atoms with Gasteiger partial charge in [-0.15, -0.1) is 0 Å². The highest BCUT2D eigenvalue weighted by Crippen LogP contribution is 2.34. The minimum atomic E-state index is 0.135. The first kappa shape index (κ1) is 21.2. The van der Waals surface area contributed by atoms with Gasteiger partial charge in [0.1, 0.15) is 5.75 Å². The van der Waals surface area contributed by atoms with Crippen LogP contribution >= 0.6 is 0 Å². The Hall–Kier alpha value is -2.01. The zero-order valence-electron chi connectivity index (χ0n) is 19.1. The summed E-state index contributed by atoms with van der Waals surface area (Å²) in [6, 6.07) is 6.91. The number of hydrogen-bond acceptors (Lipinski definition) is 3. The van der Waals surface area contributed by atoms with Gasteiger partial charge in [0, 0.05) is 42.3 Å². The first-order valence-electron chi connectivity index (χ1n) is 11.7. The summed E-state index contributed by atoms with van der Waals surface area (Å²) in [4.78, 5) is 16.0. The van der Waals surface area contributed by atoms with E-state index in [0.29, 0.717) is 5.92 Å². The van der Waals surface area contributed by atoms with Crippen molar-refractivity contribution in [2.45, 2.75) is 90.5 Å². The first-order valence-corrected chi connectivity index (χ1v) is 11.7. The van der Waals surface area contributed by atoms with Gasteiger partial charge in [0.15, 0.2) is 0 Å². The van der Waals surface area contributed by atoms with Gasteiger partial charge in [-0.25, -0.2) is 0 Å². The SMILES string of the molecule is COc1cccc2c(C(=O)N3C(C)C(C)NC(C)C3C)cn(CC3CCCCC3)c12. The standard InChI is InChI=1S/C25H37N3O2/c1-16-18(3)28(19(4)17(2)26-16)25(29)22-15-27(14-20-10-7-6-8-11-20)24-21(22)12-9-13-23(24)30-5/h9,12-13,15-20,26H,6-8,10-11,14H2,1-5H3. The molecule has 1 saturated heterocycles. The maximum atomic E-state index is 13.9. The summed E-state index contributed by atoms with van der Waals surface area (Å²) in [7, 11) is 1.72. The first-order chi connectivity index (χ1) is 14.4. The van der Waals surface area contributed by atoms with Crippen LogP contribution in [0.2, 0.25) is 0 Å². The molecule has 1 amide bonds. The average molecular weight is 412 g/mol. The molecule has 1 aliphatic heterocycles. The molecule has 0 radical (unpaired) electrons. The van der Waals surface area contributed by atoms with E-state index in [-0.39, 0.29) is 30.1 Å². The monoisotopic (exact) mass is 411 g/mol. The molecule has 4 rings (SSSR count). The molecule has 0 bridgehead atoms. The van der Waals surface area contributed by atoms with Crippen molar-refractivity contribution < 1.29 is 9.53 Å². The Balaban J connectivity index is 1.76. The van der Waals surface area contributed by atoms with Gasteiger partial charge >= 0.3 is 0 Å². The third kappa shape index (κ3) is 3.73. The second kappa shape index (κ2) is 8.62. The molecule has 0 spiro atoms. The number of ether oxygens (including phenoxy) is 1. The highest BCUT2D eigenvalue weighted by molar-refractivity contribution is 6.08. The fraction of sp³-hybridized carbons (Fsp3) is 0.640. The Morgan fingerprint density at radius 2 is 1.73 bits per heavy atom. The predicted octanol–water partition coefficient (Wildman–Crippen LogP) is 4.83. The van der Waals surface area contributed by atoms with Crippen LogP contribution in [0.3, 0.4) is 0 Å². The number of methoxy groups -OCH3 is 1. The molecule has 2 aliphatic rings. The summed E-state index contributed by atoms with van der Waals surface area (Å²) in [5.41, 5.74) is 1.87. The third-order valence-electron chi connectivity index (χ3n) is 7.58. The second-order valence-electron chi connectivity index (χ2n) is 9.49. The minimum Gasteiger partial charge on any atom is -0.495 e. The lowest BCUT2D eigenvalue weighted by atomic mass is 9.89. The lowest BCUT2D eigenvalue weighted by Crippen LogP contribution is -2.65. The molecule has 4 atom stereocenters. The smallest absolute Gasteiger partial charge is 0.256 e. The predicted molar refractivity (Wildman–Crippen MR) is 122 cm³/mol. The van der Waals surface area contributed by atoms with E-state index in [0.717, 1.165) is 28.8 Å². The number of fused-ring (bicyclic) bond motifs is 1. The maximum Gasteiger partial charge on any atom is 0.256 e. The van der Waals surface area contributed by atoms with Gasteiger partial charge in [0.2, 0.25) is 0 Å². The summed E-state index contributed by atoms with van der Waals surface area (Å²) in [5.74, 6) is 1.67. The van der Waals surface area contributed by atoms with Crippen LogP contribution < -0.4 is 10.1 Å². The molecule has 4 unspecified atom stereocenters. The quantitative estimate of drug-likeness (QED) is 0.784. The van der Waals surface area contributed by atoms with Gasteiger partial charge in [-0.3, -0.25) is 4.79 Å². The largest absolute Gasteiger partial charge is 0.495 e. The molecule has 1 saturated carbocycles. The third-order valence-corrected chi connectivity index (χ3v) is 7.58. The number of aromatic nitrogens is 1. The Morgan fingerprint density at radius 1 is 1.07 bits per heavy atom. The Kier molecular flexibility index (Phi) is 6.10. The molecule has 2 fully saturated rings. The van der Waals surface area contributed by atoms with E-state index in [9.17, 15) is 4.79 Å². The van der Waals surface area contributed by atoms with Crippen molar-refractivity contribution in [3.05, 3.63) is 30.0 Å². The van der Waals surface area contributed by atoms with E-state index in [1.165, 1.54) is 32.1 Å². The van der Waals surface area contributed by atoms with E-state index in [1.807, 2.05) is 12.1 Å². The fourth-order valence-corrected chi connectivity index (χ4v) is 5.51. The van der Waals surface area contributed by atoms with Gasteiger partial charge in [0.05, 0.1) is 18.2 Å². The number of hydrogen-bond donors (Lipinski definition) is 1. The Labute approximate surface area is 180 Å². The van der Waals surface area contributed by atoms with E-state index < -0.39 is 0 Å². The van der Waals surface area contributed by atoms with E-state index >= 15 is 0 Å². The molecule has 5 nitrogen and oxygen atoms in total. The van der Waals surface area contributed by atoms with Crippen molar-refractivity contribution in [1.29, 1.82) is 0 Å². The van der Waals surface area contributed by atoms with Crippen LogP contribution in [-0.4, -0.2) is 46.7 Å². The van der Waals surface area contributed by atoms with Crippen LogP contribution in [-0.2, 0) is 6.54 Å². The molecule has 2 aromatic rings. The average Bonchev–Trinajstić information content (AvgIpc) is 3.12. The fourth-order valence-electron chi connectivity index (χ4n) is 5.51. The molecule has 5 heteroatoms. The number of rotatable bonds is 4. The number of amides is 1. The molecule has 2 heterocycles. The van der Waals surface area contributed by atoms with Crippen molar-refractivity contribution >= 4 is 16.8 Å². The normalized spacial score (nSPS) is 28.1. The Morgan fingerprint density at radius 3 is 2.37 bits per heavy atom.